The lowest BCUT2D eigenvalue weighted by Crippen LogP contribution is -2.25. The number of carbonyl (C=O) groups is 2. The van der Waals surface area contributed by atoms with Crippen LogP contribution < -0.4 is 0 Å². The highest BCUT2D eigenvalue weighted by Gasteiger charge is 2.21. The molecule has 0 spiro atoms. The minimum atomic E-state index is -0.358. The number of esters is 1. The van der Waals surface area contributed by atoms with Crippen LogP contribution >= 0.6 is 0 Å². The summed E-state index contributed by atoms with van der Waals surface area (Å²) in [5.41, 5.74) is 0.905. The zero-order valence-electron chi connectivity index (χ0n) is 13.9. The molecule has 0 fully saturated rings. The van der Waals surface area contributed by atoms with Crippen LogP contribution in [-0.4, -0.2) is 17.9 Å². The molecule has 0 radical (unpaired) electrons. The van der Waals surface area contributed by atoms with Crippen molar-refractivity contribution < 1.29 is 14.3 Å². The number of hydrogen-bond acceptors (Lipinski definition) is 3. The lowest BCUT2D eigenvalue weighted by atomic mass is 9.94. The van der Waals surface area contributed by atoms with Crippen LogP contribution in [0.5, 0.6) is 0 Å². The quantitative estimate of drug-likeness (QED) is 0.580. The van der Waals surface area contributed by atoms with Crippen LogP contribution in [0.2, 0.25) is 0 Å². The second kappa shape index (κ2) is 9.19. The first kappa shape index (κ1) is 18.1. The van der Waals surface area contributed by atoms with E-state index in [1.807, 2.05) is 51.2 Å². The summed E-state index contributed by atoms with van der Waals surface area (Å²) in [6.07, 6.45) is 14.7. The minimum Gasteiger partial charge on any atom is -0.454 e. The van der Waals surface area contributed by atoms with Gasteiger partial charge in [-0.25, -0.2) is 4.79 Å². The van der Waals surface area contributed by atoms with Crippen molar-refractivity contribution in [3.05, 3.63) is 48.1 Å². The molecule has 0 saturated carbocycles. The van der Waals surface area contributed by atoms with Gasteiger partial charge in [-0.1, -0.05) is 50.3 Å². The van der Waals surface area contributed by atoms with E-state index in [4.69, 9.17) is 4.74 Å². The minimum absolute atomic E-state index is 0.0387. The summed E-state index contributed by atoms with van der Waals surface area (Å²) >= 11 is 0. The summed E-state index contributed by atoms with van der Waals surface area (Å²) in [4.78, 5) is 23.4. The van der Waals surface area contributed by atoms with Gasteiger partial charge in [0.25, 0.3) is 0 Å². The fourth-order valence-electron chi connectivity index (χ4n) is 2.27. The summed E-state index contributed by atoms with van der Waals surface area (Å²) in [7, 11) is 0. The Labute approximate surface area is 133 Å². The van der Waals surface area contributed by atoms with Crippen LogP contribution in [-0.2, 0) is 14.3 Å². The molecule has 0 aromatic heterocycles. The highest BCUT2D eigenvalue weighted by atomic mass is 16.5. The molecule has 3 heteroatoms. The SMILES string of the molecule is CC(=O)[C@@H](C)/C=C(\C)C1OC(=O)/C=C/CC/C=C/C=C\[C@@H]1C. The molecule has 3 nitrogen and oxygen atoms in total. The average Bonchev–Trinajstić information content (AvgIpc) is 2.45. The van der Waals surface area contributed by atoms with Gasteiger partial charge in [-0.15, -0.1) is 0 Å². The Hall–Kier alpha value is -1.90. The van der Waals surface area contributed by atoms with E-state index in [9.17, 15) is 9.59 Å². The summed E-state index contributed by atoms with van der Waals surface area (Å²) in [5, 5.41) is 0. The van der Waals surface area contributed by atoms with Gasteiger partial charge in [0.1, 0.15) is 11.9 Å². The highest BCUT2D eigenvalue weighted by molar-refractivity contribution is 5.82. The molecule has 0 aliphatic carbocycles. The van der Waals surface area contributed by atoms with E-state index >= 15 is 0 Å². The number of Topliss-reactive ketones (excluding diaryl/α,β-unsaturated/α-hetero) is 1. The molecule has 1 aliphatic heterocycles. The summed E-state index contributed by atoms with van der Waals surface area (Å²) < 4.78 is 5.60. The Kier molecular flexibility index (Phi) is 7.58. The molecule has 1 unspecified atom stereocenters. The lowest BCUT2D eigenvalue weighted by Gasteiger charge is -2.23. The number of carbonyl (C=O) groups excluding carboxylic acids is 2. The van der Waals surface area contributed by atoms with E-state index in [-0.39, 0.29) is 29.7 Å². The number of ketones is 1. The van der Waals surface area contributed by atoms with Crippen LogP contribution in [0.25, 0.3) is 0 Å². The fraction of sp³-hybridized carbons (Fsp3) is 0.474. The molecule has 0 saturated heterocycles. The van der Waals surface area contributed by atoms with Gasteiger partial charge in [0.05, 0.1) is 0 Å². The average molecular weight is 302 g/mol. The standard InChI is InChI=1S/C19H26O3/c1-14-11-9-7-5-6-8-10-12-18(21)22-19(14)16(3)13-15(2)17(4)20/h5,7,9-15,19H,6,8H2,1-4H3/b7-5+,11-9-,12-10+,16-13+/t14-,15-,19?/m0/s1. The zero-order valence-corrected chi connectivity index (χ0v) is 13.9. The van der Waals surface area contributed by atoms with Crippen LogP contribution in [0.1, 0.15) is 40.5 Å². The van der Waals surface area contributed by atoms with Crippen LogP contribution in [0, 0.1) is 11.8 Å². The number of allylic oxidation sites excluding steroid dienone is 5. The van der Waals surface area contributed by atoms with E-state index in [2.05, 4.69) is 6.08 Å². The first-order valence-corrected chi connectivity index (χ1v) is 7.81. The van der Waals surface area contributed by atoms with Gasteiger partial charge < -0.3 is 4.74 Å². The molecule has 1 heterocycles. The predicted molar refractivity (Wildman–Crippen MR) is 89.3 cm³/mol. The molecule has 0 aromatic rings. The third-order valence-corrected chi connectivity index (χ3v) is 3.74. The Morgan fingerprint density at radius 1 is 1.27 bits per heavy atom. The van der Waals surface area contributed by atoms with Crippen LogP contribution in [0.4, 0.5) is 0 Å². The van der Waals surface area contributed by atoms with E-state index in [0.29, 0.717) is 0 Å². The highest BCUT2D eigenvalue weighted by Crippen LogP contribution is 2.21. The molecule has 0 amide bonds. The van der Waals surface area contributed by atoms with E-state index < -0.39 is 0 Å². The van der Waals surface area contributed by atoms with Gasteiger partial charge in [-0.2, -0.15) is 0 Å². The molecule has 120 valence electrons. The maximum Gasteiger partial charge on any atom is 0.331 e. The van der Waals surface area contributed by atoms with Crippen molar-refractivity contribution >= 4 is 11.8 Å². The van der Waals surface area contributed by atoms with Crippen molar-refractivity contribution in [1.29, 1.82) is 0 Å². The Bertz CT molecular complexity index is 509. The van der Waals surface area contributed by atoms with Gasteiger partial charge in [-0.3, -0.25) is 4.79 Å². The molecular weight excluding hydrogens is 276 g/mol. The molecule has 0 aromatic carbocycles. The Morgan fingerprint density at radius 2 is 1.95 bits per heavy atom. The van der Waals surface area contributed by atoms with Crippen molar-refractivity contribution in [2.45, 2.75) is 46.6 Å². The second-order valence-electron chi connectivity index (χ2n) is 5.82. The van der Waals surface area contributed by atoms with E-state index in [1.54, 1.807) is 6.92 Å². The Balaban J connectivity index is 3.02. The molecule has 1 aliphatic rings. The van der Waals surface area contributed by atoms with E-state index in [0.717, 1.165) is 18.4 Å². The Morgan fingerprint density at radius 3 is 2.64 bits per heavy atom. The van der Waals surface area contributed by atoms with Gasteiger partial charge in [0.2, 0.25) is 0 Å². The number of ether oxygens (including phenoxy) is 1. The largest absolute Gasteiger partial charge is 0.454 e. The van der Waals surface area contributed by atoms with Crippen molar-refractivity contribution in [1.82, 2.24) is 0 Å². The number of rotatable bonds is 3. The van der Waals surface area contributed by atoms with Gasteiger partial charge >= 0.3 is 5.97 Å². The third-order valence-electron chi connectivity index (χ3n) is 3.74. The van der Waals surface area contributed by atoms with Crippen molar-refractivity contribution in [3.8, 4) is 0 Å². The molecule has 22 heavy (non-hydrogen) atoms. The van der Waals surface area contributed by atoms with Crippen molar-refractivity contribution in [2.75, 3.05) is 0 Å². The lowest BCUT2D eigenvalue weighted by molar-refractivity contribution is -0.142. The maximum absolute atomic E-state index is 11.9. The third kappa shape index (κ3) is 6.25. The summed E-state index contributed by atoms with van der Waals surface area (Å²) in [5.74, 6) is -0.369. The molecule has 0 bridgehead atoms. The van der Waals surface area contributed by atoms with Crippen LogP contribution in [0.15, 0.2) is 48.1 Å². The first-order valence-electron chi connectivity index (χ1n) is 7.81. The second-order valence-corrected chi connectivity index (χ2v) is 5.82. The topological polar surface area (TPSA) is 43.4 Å². The van der Waals surface area contributed by atoms with E-state index in [1.165, 1.54) is 6.08 Å². The van der Waals surface area contributed by atoms with Crippen molar-refractivity contribution in [3.63, 3.8) is 0 Å². The number of hydrogen-bond donors (Lipinski definition) is 0. The van der Waals surface area contributed by atoms with Crippen molar-refractivity contribution in [2.24, 2.45) is 11.8 Å². The first-order chi connectivity index (χ1) is 10.4. The predicted octanol–water partition coefficient (Wildman–Crippen LogP) is 4.17. The summed E-state index contributed by atoms with van der Waals surface area (Å²) in [6, 6.07) is 0. The number of cyclic esters (lactones) is 1. The monoisotopic (exact) mass is 302 g/mol. The molecule has 1 rings (SSSR count). The zero-order chi connectivity index (χ0) is 16.5. The van der Waals surface area contributed by atoms with Crippen LogP contribution in [0.3, 0.4) is 0 Å². The maximum atomic E-state index is 11.9. The normalized spacial score (nSPS) is 29.5. The molecule has 0 N–H and O–H groups in total. The van der Waals surface area contributed by atoms with Gasteiger partial charge in [0.15, 0.2) is 0 Å². The van der Waals surface area contributed by atoms with Gasteiger partial charge in [-0.05, 0) is 32.3 Å². The molecular formula is C19H26O3. The van der Waals surface area contributed by atoms with Gasteiger partial charge in [0, 0.05) is 17.9 Å². The molecule has 3 atom stereocenters. The summed E-state index contributed by atoms with van der Waals surface area (Å²) in [6.45, 7) is 7.34. The fourth-order valence-corrected chi connectivity index (χ4v) is 2.27. The smallest absolute Gasteiger partial charge is 0.331 e.